The molecule has 3 rings (SSSR count). The molecule has 0 aromatic heterocycles. The van der Waals surface area contributed by atoms with Crippen LogP contribution in [0, 0.1) is 19.8 Å². The highest BCUT2D eigenvalue weighted by Gasteiger charge is 2.37. The number of ether oxygens (including phenoxy) is 3. The average Bonchev–Trinajstić information content (AvgIpc) is 3.15. The molecule has 164 valence electrons. The number of benzene rings is 2. The Labute approximate surface area is 181 Å². The molecule has 0 spiro atoms. The van der Waals surface area contributed by atoms with Crippen molar-refractivity contribution in [2.75, 3.05) is 37.6 Å². The number of carbonyl (C=O) groups excluding carboxylic acids is 3. The molecule has 1 atom stereocenters. The summed E-state index contributed by atoms with van der Waals surface area (Å²) < 4.78 is 15.7. The normalized spacial score (nSPS) is 15.5. The molecular formula is C23H26N2O6. The third-order valence-electron chi connectivity index (χ3n) is 5.27. The van der Waals surface area contributed by atoms with Crippen LogP contribution in [-0.2, 0) is 19.1 Å². The Morgan fingerprint density at radius 2 is 1.84 bits per heavy atom. The van der Waals surface area contributed by atoms with Crippen LogP contribution < -0.4 is 19.7 Å². The van der Waals surface area contributed by atoms with Gasteiger partial charge >= 0.3 is 5.97 Å². The maximum Gasteiger partial charge on any atom is 0.311 e. The number of hydrogen-bond acceptors (Lipinski definition) is 6. The van der Waals surface area contributed by atoms with Crippen molar-refractivity contribution in [3.8, 4) is 11.5 Å². The largest absolute Gasteiger partial charge is 0.497 e. The molecular weight excluding hydrogens is 400 g/mol. The van der Waals surface area contributed by atoms with Crippen molar-refractivity contribution in [3.05, 3.63) is 47.5 Å². The first-order chi connectivity index (χ1) is 14.8. The first kappa shape index (κ1) is 22.1. The number of nitrogens with one attached hydrogen (secondary N) is 1. The third-order valence-corrected chi connectivity index (χ3v) is 5.27. The Bertz CT molecular complexity index is 1000. The number of esters is 1. The van der Waals surface area contributed by atoms with E-state index in [4.69, 9.17) is 14.2 Å². The summed E-state index contributed by atoms with van der Waals surface area (Å²) in [7, 11) is 3.03. The highest BCUT2D eigenvalue weighted by atomic mass is 16.5. The number of nitrogens with zero attached hydrogens (tertiary/aromatic N) is 1. The van der Waals surface area contributed by atoms with Crippen LogP contribution in [-0.4, -0.2) is 45.2 Å². The van der Waals surface area contributed by atoms with E-state index in [1.807, 2.05) is 26.0 Å². The molecule has 1 aliphatic rings. The van der Waals surface area contributed by atoms with Crippen molar-refractivity contribution in [1.82, 2.24) is 0 Å². The van der Waals surface area contributed by atoms with Crippen molar-refractivity contribution >= 4 is 29.2 Å². The van der Waals surface area contributed by atoms with Gasteiger partial charge in [0, 0.05) is 24.7 Å². The molecule has 2 aromatic carbocycles. The van der Waals surface area contributed by atoms with E-state index in [1.54, 1.807) is 24.3 Å². The number of hydrogen-bond donors (Lipinski definition) is 1. The van der Waals surface area contributed by atoms with Crippen LogP contribution in [0.1, 0.15) is 17.5 Å². The van der Waals surface area contributed by atoms with Crippen LogP contribution >= 0.6 is 0 Å². The highest BCUT2D eigenvalue weighted by Crippen LogP contribution is 2.36. The second-order valence-electron chi connectivity index (χ2n) is 7.40. The summed E-state index contributed by atoms with van der Waals surface area (Å²) in [6, 6.07) is 10.7. The second kappa shape index (κ2) is 9.51. The number of rotatable bonds is 7. The molecule has 0 unspecified atom stereocenters. The van der Waals surface area contributed by atoms with Crippen molar-refractivity contribution in [2.45, 2.75) is 20.3 Å². The molecule has 0 aliphatic carbocycles. The second-order valence-corrected chi connectivity index (χ2v) is 7.40. The summed E-state index contributed by atoms with van der Waals surface area (Å²) in [4.78, 5) is 38.6. The van der Waals surface area contributed by atoms with Crippen LogP contribution in [0.3, 0.4) is 0 Å². The Morgan fingerprint density at radius 3 is 2.52 bits per heavy atom. The van der Waals surface area contributed by atoms with Gasteiger partial charge in [-0.2, -0.15) is 0 Å². The van der Waals surface area contributed by atoms with Gasteiger partial charge < -0.3 is 24.4 Å². The monoisotopic (exact) mass is 426 g/mol. The number of aryl methyl sites for hydroxylation is 2. The minimum Gasteiger partial charge on any atom is -0.497 e. The molecule has 2 aromatic rings. The van der Waals surface area contributed by atoms with Crippen LogP contribution in [0.15, 0.2) is 36.4 Å². The molecule has 8 heteroatoms. The van der Waals surface area contributed by atoms with Crippen molar-refractivity contribution in [2.24, 2.45) is 5.92 Å². The van der Waals surface area contributed by atoms with E-state index in [2.05, 4.69) is 5.32 Å². The van der Waals surface area contributed by atoms with Gasteiger partial charge in [-0.25, -0.2) is 0 Å². The lowest BCUT2D eigenvalue weighted by atomic mass is 10.1. The first-order valence-corrected chi connectivity index (χ1v) is 9.88. The quantitative estimate of drug-likeness (QED) is 0.685. The third kappa shape index (κ3) is 5.14. The maximum absolute atomic E-state index is 12.5. The van der Waals surface area contributed by atoms with Crippen LogP contribution in [0.4, 0.5) is 11.4 Å². The molecule has 1 heterocycles. The van der Waals surface area contributed by atoms with E-state index in [1.165, 1.54) is 19.1 Å². The zero-order chi connectivity index (χ0) is 22.5. The lowest BCUT2D eigenvalue weighted by molar-refractivity contribution is -0.151. The fourth-order valence-electron chi connectivity index (χ4n) is 3.38. The van der Waals surface area contributed by atoms with Gasteiger partial charge in [0.25, 0.3) is 5.91 Å². The summed E-state index contributed by atoms with van der Waals surface area (Å²) in [5.41, 5.74) is 3.32. The lowest BCUT2D eigenvalue weighted by Crippen LogP contribution is -2.28. The van der Waals surface area contributed by atoms with Crippen molar-refractivity contribution in [3.63, 3.8) is 0 Å². The van der Waals surface area contributed by atoms with Gasteiger partial charge in [-0.1, -0.05) is 6.07 Å². The van der Waals surface area contributed by atoms with Gasteiger partial charge in [0.1, 0.15) is 11.5 Å². The zero-order valence-corrected chi connectivity index (χ0v) is 18.1. The summed E-state index contributed by atoms with van der Waals surface area (Å²) >= 11 is 0. The Balaban J connectivity index is 1.59. The van der Waals surface area contributed by atoms with Gasteiger partial charge in [-0.05, 0) is 49.2 Å². The molecule has 0 saturated carbocycles. The Kier molecular flexibility index (Phi) is 6.79. The standard InChI is InChI=1S/C23H26N2O6/c1-14-5-6-17(9-15(14)2)24-21(26)13-31-23(28)16-10-22(27)25(12-16)19-11-18(29-3)7-8-20(19)30-4/h5-9,11,16H,10,12-13H2,1-4H3,(H,24,26)/t16-/m0/s1. The van der Waals surface area contributed by atoms with E-state index in [-0.39, 0.29) is 18.9 Å². The smallest absolute Gasteiger partial charge is 0.311 e. The van der Waals surface area contributed by atoms with Crippen LogP contribution in [0.25, 0.3) is 0 Å². The van der Waals surface area contributed by atoms with E-state index in [9.17, 15) is 14.4 Å². The molecule has 31 heavy (non-hydrogen) atoms. The molecule has 1 saturated heterocycles. The zero-order valence-electron chi connectivity index (χ0n) is 18.1. The van der Waals surface area contributed by atoms with Crippen LogP contribution in [0.5, 0.6) is 11.5 Å². The molecule has 1 fully saturated rings. The summed E-state index contributed by atoms with van der Waals surface area (Å²) in [5, 5.41) is 2.70. The van der Waals surface area contributed by atoms with Gasteiger partial charge in [0.05, 0.1) is 25.8 Å². The van der Waals surface area contributed by atoms with Gasteiger partial charge in [0.15, 0.2) is 6.61 Å². The molecule has 2 amide bonds. The minimum atomic E-state index is -0.669. The van der Waals surface area contributed by atoms with Crippen molar-refractivity contribution in [1.29, 1.82) is 0 Å². The van der Waals surface area contributed by atoms with Gasteiger partial charge in [0.2, 0.25) is 5.91 Å². The Hall–Kier alpha value is -3.55. The fraction of sp³-hybridized carbons (Fsp3) is 0.348. The van der Waals surface area contributed by atoms with Crippen LogP contribution in [0.2, 0.25) is 0 Å². The van der Waals surface area contributed by atoms with E-state index < -0.39 is 24.4 Å². The highest BCUT2D eigenvalue weighted by molar-refractivity contribution is 6.01. The first-order valence-electron chi connectivity index (χ1n) is 9.88. The molecule has 0 bridgehead atoms. The van der Waals surface area contributed by atoms with Gasteiger partial charge in [-0.3, -0.25) is 14.4 Å². The number of anilines is 2. The lowest BCUT2D eigenvalue weighted by Gasteiger charge is -2.20. The van der Waals surface area contributed by atoms with E-state index in [0.29, 0.717) is 22.9 Å². The van der Waals surface area contributed by atoms with E-state index >= 15 is 0 Å². The number of carbonyl (C=O) groups is 3. The predicted octanol–water partition coefficient (Wildman–Crippen LogP) is 2.86. The molecule has 0 radical (unpaired) electrons. The molecule has 1 aliphatic heterocycles. The van der Waals surface area contributed by atoms with Gasteiger partial charge in [-0.15, -0.1) is 0 Å². The number of methoxy groups -OCH3 is 2. The van der Waals surface area contributed by atoms with Crippen molar-refractivity contribution < 1.29 is 28.6 Å². The topological polar surface area (TPSA) is 94.2 Å². The summed E-state index contributed by atoms with van der Waals surface area (Å²) in [6.45, 7) is 3.65. The molecule has 1 N–H and O–H groups in total. The maximum atomic E-state index is 12.5. The minimum absolute atomic E-state index is 0.00201. The predicted molar refractivity (Wildman–Crippen MR) is 116 cm³/mol. The summed E-state index contributed by atoms with van der Waals surface area (Å²) in [6.07, 6.45) is -0.00201. The average molecular weight is 426 g/mol. The van der Waals surface area contributed by atoms with E-state index in [0.717, 1.165) is 11.1 Å². The molecule has 8 nitrogen and oxygen atoms in total. The SMILES string of the molecule is COc1ccc(OC)c(N2C[C@@H](C(=O)OCC(=O)Nc3ccc(C)c(C)c3)CC2=O)c1. The summed E-state index contributed by atoms with van der Waals surface area (Å²) in [5.74, 6) is -0.861. The Morgan fingerprint density at radius 1 is 1.06 bits per heavy atom. The fourth-order valence-corrected chi connectivity index (χ4v) is 3.38. The number of amides is 2.